The van der Waals surface area contributed by atoms with Crippen molar-refractivity contribution in [2.75, 3.05) is 16.8 Å². The van der Waals surface area contributed by atoms with Crippen molar-refractivity contribution in [1.29, 1.82) is 0 Å². The minimum Gasteiger partial charge on any atom is -0.364 e. The Morgan fingerprint density at radius 2 is 1.80 bits per heavy atom. The number of piperidine rings is 1. The first-order valence-corrected chi connectivity index (χ1v) is 13.5. The van der Waals surface area contributed by atoms with Gasteiger partial charge in [0.05, 0.1) is 30.0 Å². The Kier molecular flexibility index (Phi) is 6.85. The molecule has 0 unspecified atom stereocenters. The van der Waals surface area contributed by atoms with Crippen molar-refractivity contribution in [3.05, 3.63) is 84.2 Å². The van der Waals surface area contributed by atoms with E-state index in [1.54, 1.807) is 35.7 Å². The maximum absolute atomic E-state index is 13.0. The average molecular weight is 538 g/mol. The van der Waals surface area contributed by atoms with Gasteiger partial charge in [0, 0.05) is 36.6 Å². The van der Waals surface area contributed by atoms with Crippen LogP contribution < -0.4 is 21.3 Å². The Morgan fingerprint density at radius 3 is 2.52 bits per heavy atom. The van der Waals surface area contributed by atoms with Crippen LogP contribution in [0.1, 0.15) is 64.9 Å². The van der Waals surface area contributed by atoms with Gasteiger partial charge in [0.2, 0.25) is 0 Å². The lowest BCUT2D eigenvalue weighted by atomic mass is 9.97. The van der Waals surface area contributed by atoms with Gasteiger partial charge in [-0.05, 0) is 68.4 Å². The predicted octanol–water partition coefficient (Wildman–Crippen LogP) is 3.56. The number of primary amides is 1. The zero-order valence-electron chi connectivity index (χ0n) is 22.2. The third-order valence-corrected chi connectivity index (χ3v) is 7.59. The fourth-order valence-electron chi connectivity index (χ4n) is 5.18. The highest BCUT2D eigenvalue weighted by molar-refractivity contribution is 5.96. The van der Waals surface area contributed by atoms with E-state index in [2.05, 4.69) is 49.7 Å². The maximum Gasteiger partial charge on any atom is 0.271 e. The van der Waals surface area contributed by atoms with E-state index in [1.165, 1.54) is 18.4 Å². The van der Waals surface area contributed by atoms with E-state index in [0.717, 1.165) is 25.1 Å². The van der Waals surface area contributed by atoms with Crippen molar-refractivity contribution in [2.45, 2.75) is 50.6 Å². The number of amides is 2. The van der Waals surface area contributed by atoms with E-state index in [9.17, 15) is 9.59 Å². The number of hydrogen-bond acceptors (Lipinski definition) is 8. The standard InChI is InChI=1S/C29H31N9O2/c1-18-24(35-29(40)21-8-6-20(7-9-21)19-4-5-19)3-2-14-37(18)25-16-32-26(27(30)39)28(36-25)34-22-15-33-38(17-22)23-10-12-31-13-11-23/h6-13,15-19,24H,2-5,14H2,1H3,(H2,30,39)(H,34,36)(H,35,40)/t18-,24-/m1/s1. The normalized spacial score (nSPS) is 18.8. The average Bonchev–Trinajstić information content (AvgIpc) is 3.73. The van der Waals surface area contributed by atoms with Gasteiger partial charge in [-0.25, -0.2) is 14.6 Å². The van der Waals surface area contributed by atoms with Gasteiger partial charge in [-0.15, -0.1) is 0 Å². The van der Waals surface area contributed by atoms with Gasteiger partial charge in [-0.3, -0.25) is 14.6 Å². The summed E-state index contributed by atoms with van der Waals surface area (Å²) in [6, 6.07) is 11.5. The number of hydrogen-bond donors (Lipinski definition) is 3. The zero-order chi connectivity index (χ0) is 27.6. The Hall–Kier alpha value is -4.80. The second-order valence-corrected chi connectivity index (χ2v) is 10.3. The molecule has 1 aliphatic carbocycles. The number of rotatable bonds is 8. The van der Waals surface area contributed by atoms with Crippen LogP contribution in [0.25, 0.3) is 5.69 Å². The zero-order valence-corrected chi connectivity index (χ0v) is 22.2. The summed E-state index contributed by atoms with van der Waals surface area (Å²) in [4.78, 5) is 40.4. The topological polar surface area (TPSA) is 144 Å². The molecular formula is C29H31N9O2. The van der Waals surface area contributed by atoms with Crippen molar-refractivity contribution in [2.24, 2.45) is 5.73 Å². The number of nitrogens with zero attached hydrogens (tertiary/aromatic N) is 6. The van der Waals surface area contributed by atoms with Gasteiger partial charge in [-0.1, -0.05) is 12.1 Å². The highest BCUT2D eigenvalue weighted by atomic mass is 16.2. The molecule has 6 rings (SSSR count). The number of anilines is 3. The largest absolute Gasteiger partial charge is 0.364 e. The summed E-state index contributed by atoms with van der Waals surface area (Å²) in [7, 11) is 0. The van der Waals surface area contributed by atoms with Gasteiger partial charge in [-0.2, -0.15) is 5.10 Å². The Balaban J connectivity index is 1.19. The SMILES string of the molecule is C[C@@H]1[C@H](NC(=O)c2ccc(C3CC3)cc2)CCCN1c1cnc(C(N)=O)c(Nc2cnn(-c3ccncc3)c2)n1. The molecule has 0 spiro atoms. The first-order valence-electron chi connectivity index (χ1n) is 13.5. The lowest BCUT2D eigenvalue weighted by Crippen LogP contribution is -2.54. The van der Waals surface area contributed by atoms with Crippen LogP contribution in [-0.4, -0.2) is 55.2 Å². The minimum atomic E-state index is -0.687. The molecule has 2 aliphatic rings. The van der Waals surface area contributed by atoms with Gasteiger partial charge in [0.1, 0.15) is 5.82 Å². The molecule has 204 valence electrons. The van der Waals surface area contributed by atoms with E-state index in [4.69, 9.17) is 10.7 Å². The van der Waals surface area contributed by atoms with Gasteiger partial charge >= 0.3 is 0 Å². The van der Waals surface area contributed by atoms with Crippen LogP contribution in [0, 0.1) is 0 Å². The molecule has 11 heteroatoms. The fraction of sp³-hybridized carbons (Fsp3) is 0.310. The number of carbonyl (C=O) groups is 2. The first kappa shape index (κ1) is 25.5. The number of nitrogens with one attached hydrogen (secondary N) is 2. The lowest BCUT2D eigenvalue weighted by molar-refractivity contribution is 0.0923. The minimum absolute atomic E-state index is 0.0320. The third kappa shape index (κ3) is 5.35. The van der Waals surface area contributed by atoms with Crippen LogP contribution in [0.15, 0.2) is 67.4 Å². The summed E-state index contributed by atoms with van der Waals surface area (Å²) < 4.78 is 1.69. The number of benzene rings is 1. The molecule has 1 aliphatic heterocycles. The summed E-state index contributed by atoms with van der Waals surface area (Å²) in [6.45, 7) is 2.81. The van der Waals surface area contributed by atoms with Crippen molar-refractivity contribution in [1.82, 2.24) is 30.0 Å². The molecule has 2 atom stereocenters. The Morgan fingerprint density at radius 1 is 1.02 bits per heavy atom. The molecule has 40 heavy (non-hydrogen) atoms. The summed E-state index contributed by atoms with van der Waals surface area (Å²) in [6.07, 6.45) is 12.5. The van der Waals surface area contributed by atoms with Crippen LogP contribution in [0.4, 0.5) is 17.3 Å². The fourth-order valence-corrected chi connectivity index (χ4v) is 5.18. The molecule has 2 fully saturated rings. The van der Waals surface area contributed by atoms with Gasteiger partial charge in [0.15, 0.2) is 11.5 Å². The quantitative estimate of drug-likeness (QED) is 0.309. The van der Waals surface area contributed by atoms with Gasteiger partial charge < -0.3 is 21.3 Å². The second kappa shape index (κ2) is 10.8. The molecule has 4 aromatic rings. The molecule has 4 heterocycles. The highest BCUT2D eigenvalue weighted by Gasteiger charge is 2.31. The van der Waals surface area contributed by atoms with E-state index in [0.29, 0.717) is 23.0 Å². The number of aromatic nitrogens is 5. The third-order valence-electron chi connectivity index (χ3n) is 7.59. The summed E-state index contributed by atoms with van der Waals surface area (Å²) in [5.41, 5.74) is 9.08. The maximum atomic E-state index is 13.0. The summed E-state index contributed by atoms with van der Waals surface area (Å²) >= 11 is 0. The molecule has 1 saturated carbocycles. The molecule has 1 aromatic carbocycles. The number of nitrogens with two attached hydrogens (primary N) is 1. The van der Waals surface area contributed by atoms with Crippen molar-refractivity contribution in [3.63, 3.8) is 0 Å². The van der Waals surface area contributed by atoms with E-state index in [-0.39, 0.29) is 29.5 Å². The van der Waals surface area contributed by atoms with E-state index in [1.807, 2.05) is 24.3 Å². The van der Waals surface area contributed by atoms with Crippen LogP contribution >= 0.6 is 0 Å². The van der Waals surface area contributed by atoms with E-state index >= 15 is 0 Å². The molecule has 1 saturated heterocycles. The Bertz CT molecular complexity index is 1520. The lowest BCUT2D eigenvalue weighted by Gasteiger charge is -2.40. The molecule has 2 amide bonds. The van der Waals surface area contributed by atoms with E-state index < -0.39 is 5.91 Å². The van der Waals surface area contributed by atoms with Crippen LogP contribution in [-0.2, 0) is 0 Å². The second-order valence-electron chi connectivity index (χ2n) is 10.3. The monoisotopic (exact) mass is 537 g/mol. The smallest absolute Gasteiger partial charge is 0.271 e. The molecule has 11 nitrogen and oxygen atoms in total. The van der Waals surface area contributed by atoms with Crippen molar-refractivity contribution < 1.29 is 9.59 Å². The van der Waals surface area contributed by atoms with Gasteiger partial charge in [0.25, 0.3) is 11.8 Å². The molecule has 3 aromatic heterocycles. The highest BCUT2D eigenvalue weighted by Crippen LogP contribution is 2.40. The number of carbonyl (C=O) groups excluding carboxylic acids is 2. The molecule has 0 radical (unpaired) electrons. The Labute approximate surface area is 231 Å². The van der Waals surface area contributed by atoms with Crippen LogP contribution in [0.3, 0.4) is 0 Å². The van der Waals surface area contributed by atoms with Crippen LogP contribution in [0.5, 0.6) is 0 Å². The first-order chi connectivity index (χ1) is 19.5. The molecule has 4 N–H and O–H groups in total. The summed E-state index contributed by atoms with van der Waals surface area (Å²) in [5.74, 6) is 0.725. The van der Waals surface area contributed by atoms with Crippen molar-refractivity contribution in [3.8, 4) is 5.69 Å². The predicted molar refractivity (Wildman–Crippen MR) is 151 cm³/mol. The number of pyridine rings is 1. The summed E-state index contributed by atoms with van der Waals surface area (Å²) in [5, 5.41) is 10.7. The molecular weight excluding hydrogens is 506 g/mol. The van der Waals surface area contributed by atoms with Crippen molar-refractivity contribution >= 4 is 29.1 Å². The van der Waals surface area contributed by atoms with Crippen LogP contribution in [0.2, 0.25) is 0 Å². The molecule has 0 bridgehead atoms.